The van der Waals surface area contributed by atoms with Crippen LogP contribution in [0.3, 0.4) is 0 Å². The molecule has 7 heteroatoms. The van der Waals surface area contributed by atoms with Gasteiger partial charge in [-0.2, -0.15) is 0 Å². The number of carbonyl (C=O) groups is 1. The van der Waals surface area contributed by atoms with Gasteiger partial charge in [-0.1, -0.05) is 56.7 Å². The third-order valence-corrected chi connectivity index (χ3v) is 5.67. The SMILES string of the molecule is CC(Sc1nnnn1C1CCCC1)C(=O)Nc1ccccc1C(C)C. The predicted molar refractivity (Wildman–Crippen MR) is 99.8 cm³/mol. The molecular formula is C18H25N5OS. The molecule has 6 nitrogen and oxygen atoms in total. The molecule has 0 spiro atoms. The van der Waals surface area contributed by atoms with Crippen molar-refractivity contribution in [3.63, 3.8) is 0 Å². The van der Waals surface area contributed by atoms with Gasteiger partial charge in [0.1, 0.15) is 0 Å². The Balaban J connectivity index is 1.67. The van der Waals surface area contributed by atoms with E-state index in [-0.39, 0.29) is 11.2 Å². The highest BCUT2D eigenvalue weighted by Crippen LogP contribution is 2.33. The van der Waals surface area contributed by atoms with Crippen LogP contribution in [-0.4, -0.2) is 31.4 Å². The van der Waals surface area contributed by atoms with Crippen LogP contribution in [0, 0.1) is 0 Å². The van der Waals surface area contributed by atoms with E-state index in [1.807, 2.05) is 29.8 Å². The van der Waals surface area contributed by atoms with E-state index < -0.39 is 0 Å². The summed E-state index contributed by atoms with van der Waals surface area (Å²) in [4.78, 5) is 12.6. The first-order chi connectivity index (χ1) is 12.1. The smallest absolute Gasteiger partial charge is 0.237 e. The van der Waals surface area contributed by atoms with Crippen molar-refractivity contribution in [1.82, 2.24) is 20.2 Å². The molecule has 2 aromatic rings. The molecular weight excluding hydrogens is 334 g/mol. The van der Waals surface area contributed by atoms with Crippen LogP contribution in [0.1, 0.15) is 64.0 Å². The number of nitrogens with zero attached hydrogens (tertiary/aromatic N) is 4. The molecule has 1 amide bonds. The summed E-state index contributed by atoms with van der Waals surface area (Å²) in [5.74, 6) is 0.327. The first kappa shape index (κ1) is 17.9. The molecule has 25 heavy (non-hydrogen) atoms. The monoisotopic (exact) mass is 359 g/mol. The van der Waals surface area contributed by atoms with Gasteiger partial charge in [-0.3, -0.25) is 4.79 Å². The molecule has 1 atom stereocenters. The molecule has 1 aliphatic rings. The number of hydrogen-bond donors (Lipinski definition) is 1. The molecule has 1 fully saturated rings. The van der Waals surface area contributed by atoms with E-state index in [1.165, 1.54) is 24.6 Å². The standard InChI is InChI=1S/C18H25N5OS/c1-12(2)15-10-6-7-11-16(15)19-17(24)13(3)25-18-20-21-22-23(18)14-8-4-5-9-14/h6-7,10-14H,4-5,8-9H2,1-3H3,(H,19,24). The summed E-state index contributed by atoms with van der Waals surface area (Å²) in [7, 11) is 0. The maximum atomic E-state index is 12.6. The molecule has 1 aromatic carbocycles. The van der Waals surface area contributed by atoms with Gasteiger partial charge in [0, 0.05) is 5.69 Å². The van der Waals surface area contributed by atoms with Crippen LogP contribution in [0.15, 0.2) is 29.4 Å². The summed E-state index contributed by atoms with van der Waals surface area (Å²) in [6, 6.07) is 8.32. The summed E-state index contributed by atoms with van der Waals surface area (Å²) in [6.07, 6.45) is 4.66. The Hall–Kier alpha value is -1.89. The molecule has 1 unspecified atom stereocenters. The molecule has 1 saturated carbocycles. The topological polar surface area (TPSA) is 72.7 Å². The Kier molecular flexibility index (Phi) is 5.73. The van der Waals surface area contributed by atoms with Gasteiger partial charge in [-0.15, -0.1) is 5.10 Å². The normalized spacial score (nSPS) is 16.3. The van der Waals surface area contributed by atoms with Crippen molar-refractivity contribution in [2.24, 2.45) is 0 Å². The van der Waals surface area contributed by atoms with Crippen LogP contribution in [0.4, 0.5) is 5.69 Å². The number of carbonyl (C=O) groups excluding carboxylic acids is 1. The van der Waals surface area contributed by atoms with Crippen molar-refractivity contribution in [2.75, 3.05) is 5.32 Å². The number of rotatable bonds is 6. The van der Waals surface area contributed by atoms with Gasteiger partial charge < -0.3 is 5.32 Å². The highest BCUT2D eigenvalue weighted by Gasteiger charge is 2.25. The zero-order chi connectivity index (χ0) is 17.8. The van der Waals surface area contributed by atoms with Crippen LogP contribution >= 0.6 is 11.8 Å². The van der Waals surface area contributed by atoms with Gasteiger partial charge in [0.05, 0.1) is 11.3 Å². The zero-order valence-corrected chi connectivity index (χ0v) is 15.8. The summed E-state index contributed by atoms with van der Waals surface area (Å²) in [5.41, 5.74) is 2.02. The van der Waals surface area contributed by atoms with Crippen molar-refractivity contribution in [2.45, 2.75) is 68.8 Å². The first-order valence-electron chi connectivity index (χ1n) is 8.90. The van der Waals surface area contributed by atoms with E-state index in [1.54, 1.807) is 0 Å². The highest BCUT2D eigenvalue weighted by atomic mass is 32.2. The quantitative estimate of drug-likeness (QED) is 0.788. The maximum Gasteiger partial charge on any atom is 0.237 e. The lowest BCUT2D eigenvalue weighted by Gasteiger charge is -2.17. The summed E-state index contributed by atoms with van der Waals surface area (Å²) in [5, 5.41) is 15.6. The molecule has 0 saturated heterocycles. The van der Waals surface area contributed by atoms with E-state index in [0.29, 0.717) is 12.0 Å². The molecule has 0 aliphatic heterocycles. The third kappa shape index (κ3) is 4.21. The second kappa shape index (κ2) is 7.99. The minimum absolute atomic E-state index is 0.0286. The van der Waals surface area contributed by atoms with Gasteiger partial charge in [-0.25, -0.2) is 4.68 Å². The van der Waals surface area contributed by atoms with Gasteiger partial charge in [-0.05, 0) is 47.7 Å². The lowest BCUT2D eigenvalue weighted by molar-refractivity contribution is -0.115. The number of amides is 1. The number of tetrazole rings is 1. The van der Waals surface area contributed by atoms with Crippen LogP contribution in [0.2, 0.25) is 0 Å². The van der Waals surface area contributed by atoms with Crippen molar-refractivity contribution >= 4 is 23.4 Å². The van der Waals surface area contributed by atoms with E-state index in [4.69, 9.17) is 0 Å². The average Bonchev–Trinajstić information content (AvgIpc) is 3.26. The minimum atomic E-state index is -0.272. The van der Waals surface area contributed by atoms with Crippen molar-refractivity contribution in [3.8, 4) is 0 Å². The Morgan fingerprint density at radius 3 is 2.68 bits per heavy atom. The number of thioether (sulfide) groups is 1. The lowest BCUT2D eigenvalue weighted by atomic mass is 10.0. The second-order valence-electron chi connectivity index (χ2n) is 6.84. The molecule has 3 rings (SSSR count). The Morgan fingerprint density at radius 1 is 1.24 bits per heavy atom. The number of hydrogen-bond acceptors (Lipinski definition) is 5. The van der Waals surface area contributed by atoms with E-state index in [9.17, 15) is 4.79 Å². The third-order valence-electron chi connectivity index (χ3n) is 4.63. The van der Waals surface area contributed by atoms with Crippen molar-refractivity contribution < 1.29 is 4.79 Å². The zero-order valence-electron chi connectivity index (χ0n) is 15.0. The van der Waals surface area contributed by atoms with Crippen LogP contribution in [0.5, 0.6) is 0 Å². The summed E-state index contributed by atoms with van der Waals surface area (Å²) in [6.45, 7) is 6.14. The predicted octanol–water partition coefficient (Wildman–Crippen LogP) is 4.03. The number of aromatic nitrogens is 4. The van der Waals surface area contributed by atoms with Gasteiger partial charge in [0.25, 0.3) is 0 Å². The first-order valence-corrected chi connectivity index (χ1v) is 9.78. The second-order valence-corrected chi connectivity index (χ2v) is 8.14. The largest absolute Gasteiger partial charge is 0.325 e. The number of para-hydroxylation sites is 1. The van der Waals surface area contributed by atoms with Crippen molar-refractivity contribution in [3.05, 3.63) is 29.8 Å². The minimum Gasteiger partial charge on any atom is -0.325 e. The number of nitrogens with one attached hydrogen (secondary N) is 1. The maximum absolute atomic E-state index is 12.6. The van der Waals surface area contributed by atoms with E-state index in [0.717, 1.165) is 29.2 Å². The van der Waals surface area contributed by atoms with E-state index in [2.05, 4.69) is 40.8 Å². The number of benzene rings is 1. The van der Waals surface area contributed by atoms with Gasteiger partial charge in [0.2, 0.25) is 11.1 Å². The number of anilines is 1. The molecule has 1 aromatic heterocycles. The Morgan fingerprint density at radius 2 is 1.96 bits per heavy atom. The molecule has 0 radical (unpaired) electrons. The van der Waals surface area contributed by atoms with Crippen LogP contribution in [0.25, 0.3) is 0 Å². The van der Waals surface area contributed by atoms with E-state index >= 15 is 0 Å². The Bertz CT molecular complexity index is 724. The molecule has 0 bridgehead atoms. The van der Waals surface area contributed by atoms with Crippen molar-refractivity contribution in [1.29, 1.82) is 0 Å². The van der Waals surface area contributed by atoms with Gasteiger partial charge >= 0.3 is 0 Å². The fourth-order valence-corrected chi connectivity index (χ4v) is 4.06. The fourth-order valence-electron chi connectivity index (χ4n) is 3.20. The highest BCUT2D eigenvalue weighted by molar-refractivity contribution is 8.00. The Labute approximate surface area is 152 Å². The summed E-state index contributed by atoms with van der Waals surface area (Å²) >= 11 is 1.42. The molecule has 134 valence electrons. The summed E-state index contributed by atoms with van der Waals surface area (Å²) < 4.78 is 1.89. The molecule has 1 heterocycles. The van der Waals surface area contributed by atoms with Crippen LogP contribution < -0.4 is 5.32 Å². The fraction of sp³-hybridized carbons (Fsp3) is 0.556. The van der Waals surface area contributed by atoms with Gasteiger partial charge in [0.15, 0.2) is 0 Å². The van der Waals surface area contributed by atoms with Crippen LogP contribution in [-0.2, 0) is 4.79 Å². The molecule has 1 aliphatic carbocycles. The average molecular weight is 359 g/mol. The molecule has 1 N–H and O–H groups in total. The lowest BCUT2D eigenvalue weighted by Crippen LogP contribution is -2.24.